The molecule has 2 aromatic heterocycles. The van der Waals surface area contributed by atoms with Gasteiger partial charge in [0, 0.05) is 44.1 Å². The van der Waals surface area contributed by atoms with E-state index in [-0.39, 0.29) is 6.03 Å². The second-order valence-corrected chi connectivity index (χ2v) is 7.83. The minimum absolute atomic E-state index is 0.281. The van der Waals surface area contributed by atoms with Crippen molar-refractivity contribution in [3.63, 3.8) is 0 Å². The fourth-order valence-corrected chi connectivity index (χ4v) is 3.75. The molecule has 7 nitrogen and oxygen atoms in total. The average molecular weight is 458 g/mol. The normalized spacial score (nSPS) is 13.8. The smallest absolute Gasteiger partial charge is 0.382 e. The SMILES string of the molecule is Cc1nccn1CCCNC(=O)N1CCCNc2ccc(-c3cccc(C(F)(F)F)c3)nc21. The number of nitrogens with zero attached hydrogens (tertiary/aromatic N) is 4. The van der Waals surface area contributed by atoms with Gasteiger partial charge in [-0.15, -0.1) is 0 Å². The quantitative estimate of drug-likeness (QED) is 0.544. The Morgan fingerprint density at radius 3 is 2.85 bits per heavy atom. The number of nitrogens with one attached hydrogen (secondary N) is 2. The van der Waals surface area contributed by atoms with Crippen LogP contribution in [0.1, 0.15) is 24.2 Å². The molecule has 4 rings (SSSR count). The first-order valence-corrected chi connectivity index (χ1v) is 10.8. The van der Waals surface area contributed by atoms with Crippen LogP contribution in [0.25, 0.3) is 11.3 Å². The minimum atomic E-state index is -4.44. The van der Waals surface area contributed by atoms with Crippen LogP contribution in [-0.2, 0) is 12.7 Å². The second-order valence-electron chi connectivity index (χ2n) is 7.83. The molecule has 1 aromatic carbocycles. The molecule has 0 saturated carbocycles. The van der Waals surface area contributed by atoms with Gasteiger partial charge in [0.05, 0.1) is 16.9 Å². The van der Waals surface area contributed by atoms with Gasteiger partial charge in [0.25, 0.3) is 0 Å². The van der Waals surface area contributed by atoms with Gasteiger partial charge >= 0.3 is 12.2 Å². The third-order valence-corrected chi connectivity index (χ3v) is 5.51. The molecule has 3 heterocycles. The third kappa shape index (κ3) is 5.27. The van der Waals surface area contributed by atoms with Crippen molar-refractivity contribution in [1.29, 1.82) is 0 Å². The van der Waals surface area contributed by atoms with E-state index in [1.165, 1.54) is 6.07 Å². The number of anilines is 2. The molecule has 0 aliphatic carbocycles. The summed E-state index contributed by atoms with van der Waals surface area (Å²) >= 11 is 0. The van der Waals surface area contributed by atoms with Crippen molar-refractivity contribution in [2.75, 3.05) is 29.9 Å². The average Bonchev–Trinajstić information content (AvgIpc) is 3.08. The molecular weight excluding hydrogens is 433 g/mol. The van der Waals surface area contributed by atoms with Crippen molar-refractivity contribution < 1.29 is 18.0 Å². The zero-order chi connectivity index (χ0) is 23.4. The minimum Gasteiger partial charge on any atom is -0.382 e. The van der Waals surface area contributed by atoms with Crippen LogP contribution in [0.2, 0.25) is 0 Å². The van der Waals surface area contributed by atoms with E-state index in [1.54, 1.807) is 29.3 Å². The van der Waals surface area contributed by atoms with Gasteiger partial charge in [-0.25, -0.2) is 14.8 Å². The highest BCUT2D eigenvalue weighted by Crippen LogP contribution is 2.34. The number of amides is 2. The van der Waals surface area contributed by atoms with Crippen LogP contribution in [-0.4, -0.2) is 40.2 Å². The highest BCUT2D eigenvalue weighted by molar-refractivity contribution is 5.95. The Kier molecular flexibility index (Phi) is 6.52. The Balaban J connectivity index is 1.51. The molecule has 0 atom stereocenters. The summed E-state index contributed by atoms with van der Waals surface area (Å²) in [4.78, 5) is 23.3. The summed E-state index contributed by atoms with van der Waals surface area (Å²) in [5.74, 6) is 1.32. The molecule has 2 amide bonds. The summed E-state index contributed by atoms with van der Waals surface area (Å²) in [6.45, 7) is 4.26. The van der Waals surface area contributed by atoms with Crippen molar-refractivity contribution in [3.8, 4) is 11.3 Å². The lowest BCUT2D eigenvalue weighted by Crippen LogP contribution is -2.41. The molecule has 10 heteroatoms. The first-order chi connectivity index (χ1) is 15.8. The van der Waals surface area contributed by atoms with E-state index < -0.39 is 11.7 Å². The number of urea groups is 1. The van der Waals surface area contributed by atoms with Gasteiger partial charge in [-0.05, 0) is 44.0 Å². The molecule has 1 aliphatic heterocycles. The maximum atomic E-state index is 13.1. The second kappa shape index (κ2) is 9.51. The van der Waals surface area contributed by atoms with Crippen LogP contribution in [0.3, 0.4) is 0 Å². The molecule has 3 aromatic rings. The van der Waals surface area contributed by atoms with Crippen LogP contribution >= 0.6 is 0 Å². The molecule has 0 spiro atoms. The van der Waals surface area contributed by atoms with Crippen LogP contribution in [0.4, 0.5) is 29.5 Å². The van der Waals surface area contributed by atoms with Crippen molar-refractivity contribution in [1.82, 2.24) is 19.9 Å². The van der Waals surface area contributed by atoms with Crippen LogP contribution in [0.15, 0.2) is 48.8 Å². The van der Waals surface area contributed by atoms with Crippen molar-refractivity contribution in [3.05, 3.63) is 60.2 Å². The Morgan fingerprint density at radius 1 is 1.24 bits per heavy atom. The van der Waals surface area contributed by atoms with E-state index in [0.717, 1.165) is 37.3 Å². The number of aromatic nitrogens is 3. The molecule has 1 aliphatic rings. The van der Waals surface area contributed by atoms with Crippen LogP contribution < -0.4 is 15.5 Å². The van der Waals surface area contributed by atoms with Gasteiger partial charge in [0.15, 0.2) is 5.82 Å². The monoisotopic (exact) mass is 458 g/mol. The number of pyridine rings is 1. The molecule has 2 N–H and O–H groups in total. The van der Waals surface area contributed by atoms with E-state index in [9.17, 15) is 18.0 Å². The van der Waals surface area contributed by atoms with Crippen molar-refractivity contribution in [2.45, 2.75) is 32.5 Å². The van der Waals surface area contributed by atoms with E-state index >= 15 is 0 Å². The number of fused-ring (bicyclic) bond motifs is 1. The predicted molar refractivity (Wildman–Crippen MR) is 120 cm³/mol. The molecule has 174 valence electrons. The Bertz CT molecular complexity index is 1130. The van der Waals surface area contributed by atoms with E-state index in [0.29, 0.717) is 42.4 Å². The Morgan fingerprint density at radius 2 is 2.09 bits per heavy atom. The van der Waals surface area contributed by atoms with Gasteiger partial charge in [0.2, 0.25) is 0 Å². The Labute approximate surface area is 189 Å². The first kappa shape index (κ1) is 22.6. The fraction of sp³-hybridized carbons (Fsp3) is 0.348. The predicted octanol–water partition coefficient (Wildman–Crippen LogP) is 4.69. The standard InChI is InChI=1S/C23H25F3N6O/c1-16-27-11-14-31(16)12-3-10-29-22(33)32-13-4-9-28-20-8-7-19(30-21(20)32)17-5-2-6-18(15-17)23(24,25)26/h2,5-8,11,14-15,28H,3-4,9-10,12-13H2,1H3,(H,29,33). The number of alkyl halides is 3. The van der Waals surface area contributed by atoms with E-state index in [1.807, 2.05) is 17.7 Å². The zero-order valence-corrected chi connectivity index (χ0v) is 18.2. The summed E-state index contributed by atoms with van der Waals surface area (Å²) < 4.78 is 41.4. The van der Waals surface area contributed by atoms with Gasteiger partial charge in [-0.2, -0.15) is 13.2 Å². The molecule has 33 heavy (non-hydrogen) atoms. The highest BCUT2D eigenvalue weighted by Gasteiger charge is 2.31. The summed E-state index contributed by atoms with van der Waals surface area (Å²) in [5, 5.41) is 6.17. The summed E-state index contributed by atoms with van der Waals surface area (Å²) in [6, 6.07) is 8.17. The number of hydrogen-bond donors (Lipinski definition) is 2. The van der Waals surface area contributed by atoms with Gasteiger partial charge < -0.3 is 15.2 Å². The van der Waals surface area contributed by atoms with Crippen molar-refractivity contribution in [2.24, 2.45) is 0 Å². The molecule has 0 bridgehead atoms. The molecular formula is C23H25F3N6O. The molecule has 0 fully saturated rings. The van der Waals surface area contributed by atoms with E-state index in [4.69, 9.17) is 0 Å². The Hall–Kier alpha value is -3.56. The van der Waals surface area contributed by atoms with Gasteiger partial charge in [-0.3, -0.25) is 4.90 Å². The summed E-state index contributed by atoms with van der Waals surface area (Å²) in [7, 11) is 0. The number of benzene rings is 1. The number of rotatable bonds is 5. The van der Waals surface area contributed by atoms with E-state index in [2.05, 4.69) is 20.6 Å². The lowest BCUT2D eigenvalue weighted by atomic mass is 10.1. The number of carbonyl (C=O) groups is 1. The largest absolute Gasteiger partial charge is 0.416 e. The number of aryl methyl sites for hydroxylation is 2. The van der Waals surface area contributed by atoms with Crippen LogP contribution in [0.5, 0.6) is 0 Å². The topological polar surface area (TPSA) is 75.1 Å². The maximum Gasteiger partial charge on any atom is 0.416 e. The fourth-order valence-electron chi connectivity index (χ4n) is 3.75. The van der Waals surface area contributed by atoms with Gasteiger partial charge in [0.1, 0.15) is 5.82 Å². The zero-order valence-electron chi connectivity index (χ0n) is 18.2. The maximum absolute atomic E-state index is 13.1. The van der Waals surface area contributed by atoms with Gasteiger partial charge in [-0.1, -0.05) is 12.1 Å². The lowest BCUT2D eigenvalue weighted by molar-refractivity contribution is -0.137. The highest BCUT2D eigenvalue weighted by atomic mass is 19.4. The summed E-state index contributed by atoms with van der Waals surface area (Å²) in [6.07, 6.45) is 0.650. The summed E-state index contributed by atoms with van der Waals surface area (Å²) in [5.41, 5.74) is 0.648. The van der Waals surface area contributed by atoms with Crippen LogP contribution in [0, 0.1) is 6.92 Å². The number of halogens is 3. The molecule has 0 unspecified atom stereocenters. The molecule has 0 radical (unpaired) electrons. The number of imidazole rings is 1. The first-order valence-electron chi connectivity index (χ1n) is 10.8. The van der Waals surface area contributed by atoms with Crippen molar-refractivity contribution >= 4 is 17.5 Å². The number of hydrogen-bond acceptors (Lipinski definition) is 4. The molecule has 0 saturated heterocycles. The number of carbonyl (C=O) groups excluding carboxylic acids is 1. The lowest BCUT2D eigenvalue weighted by Gasteiger charge is -2.22. The third-order valence-electron chi connectivity index (χ3n) is 5.51.